The standard InChI is InChI=1S/C13H27N3/c1-5-6-10-16(15-4)13(11-14)9-7-8-12(2)3/h11-12H,4-10,14H2,1-3H3/b13-11-. The second kappa shape index (κ2) is 9.25. The van der Waals surface area contributed by atoms with E-state index in [1.54, 1.807) is 6.20 Å². The van der Waals surface area contributed by atoms with E-state index in [4.69, 9.17) is 5.73 Å². The molecule has 0 bridgehead atoms. The van der Waals surface area contributed by atoms with Gasteiger partial charge < -0.3 is 5.73 Å². The smallest absolute Gasteiger partial charge is 0.0522 e. The predicted molar refractivity (Wildman–Crippen MR) is 72.1 cm³/mol. The Kier molecular flexibility index (Phi) is 8.68. The maximum atomic E-state index is 5.65. The molecule has 0 rings (SSSR count). The molecular weight excluding hydrogens is 198 g/mol. The number of nitrogens with two attached hydrogens (primary N) is 1. The fourth-order valence-electron chi connectivity index (χ4n) is 1.60. The van der Waals surface area contributed by atoms with Crippen LogP contribution in [-0.2, 0) is 0 Å². The number of unbranched alkanes of at least 4 members (excludes halogenated alkanes) is 1. The predicted octanol–water partition coefficient (Wildman–Crippen LogP) is 3.33. The van der Waals surface area contributed by atoms with Crippen molar-refractivity contribution in [2.24, 2.45) is 16.8 Å². The molecule has 0 saturated heterocycles. The normalized spacial score (nSPS) is 11.9. The van der Waals surface area contributed by atoms with E-state index in [0.29, 0.717) is 0 Å². The summed E-state index contributed by atoms with van der Waals surface area (Å²) in [5, 5.41) is 5.96. The van der Waals surface area contributed by atoms with Gasteiger partial charge in [-0.05, 0) is 25.2 Å². The Morgan fingerprint density at radius 1 is 1.44 bits per heavy atom. The molecule has 0 aromatic heterocycles. The molecule has 0 fully saturated rings. The molecular formula is C13H27N3. The number of allylic oxidation sites excluding steroid dienone is 1. The van der Waals surface area contributed by atoms with Crippen LogP contribution in [0.5, 0.6) is 0 Å². The second-order valence-electron chi connectivity index (χ2n) is 4.56. The van der Waals surface area contributed by atoms with Crippen LogP contribution >= 0.6 is 0 Å². The highest BCUT2D eigenvalue weighted by Gasteiger charge is 2.07. The van der Waals surface area contributed by atoms with E-state index in [1.807, 2.05) is 5.01 Å². The minimum Gasteiger partial charge on any atom is -0.403 e. The molecule has 94 valence electrons. The Hall–Kier alpha value is -0.990. The lowest BCUT2D eigenvalue weighted by molar-refractivity contribution is 0.339. The molecule has 3 nitrogen and oxygen atoms in total. The Morgan fingerprint density at radius 2 is 2.12 bits per heavy atom. The molecule has 3 heteroatoms. The van der Waals surface area contributed by atoms with Crippen molar-refractivity contribution in [3.05, 3.63) is 11.9 Å². The first-order chi connectivity index (χ1) is 7.65. The van der Waals surface area contributed by atoms with E-state index in [-0.39, 0.29) is 0 Å². The monoisotopic (exact) mass is 225 g/mol. The zero-order valence-corrected chi connectivity index (χ0v) is 11.1. The third kappa shape index (κ3) is 6.49. The van der Waals surface area contributed by atoms with Crippen LogP contribution in [0.3, 0.4) is 0 Å². The number of nitrogens with zero attached hydrogens (tertiary/aromatic N) is 2. The van der Waals surface area contributed by atoms with Crippen molar-refractivity contribution in [2.45, 2.75) is 52.9 Å². The summed E-state index contributed by atoms with van der Waals surface area (Å²) in [5.41, 5.74) is 6.75. The molecule has 0 saturated carbocycles. The van der Waals surface area contributed by atoms with E-state index in [1.165, 1.54) is 12.8 Å². The molecule has 0 heterocycles. The molecule has 0 amide bonds. The Bertz CT molecular complexity index is 209. The van der Waals surface area contributed by atoms with E-state index in [9.17, 15) is 0 Å². The SMILES string of the molecule is C=NN(CCCC)/C(=C\N)CCCC(C)C. The molecule has 0 aromatic carbocycles. The van der Waals surface area contributed by atoms with Gasteiger partial charge in [0.2, 0.25) is 0 Å². The minimum atomic E-state index is 0.750. The highest BCUT2D eigenvalue weighted by molar-refractivity contribution is 5.23. The van der Waals surface area contributed by atoms with Gasteiger partial charge in [0, 0.05) is 19.5 Å². The minimum absolute atomic E-state index is 0.750. The average Bonchev–Trinajstić information content (AvgIpc) is 2.27. The van der Waals surface area contributed by atoms with E-state index in [0.717, 1.165) is 37.4 Å². The average molecular weight is 225 g/mol. The van der Waals surface area contributed by atoms with Crippen LogP contribution in [0, 0.1) is 5.92 Å². The summed E-state index contributed by atoms with van der Waals surface area (Å²) >= 11 is 0. The van der Waals surface area contributed by atoms with Crippen LogP contribution in [0.2, 0.25) is 0 Å². The molecule has 0 atom stereocenters. The van der Waals surface area contributed by atoms with Gasteiger partial charge in [0.25, 0.3) is 0 Å². The molecule has 0 aliphatic carbocycles. The molecule has 0 spiro atoms. The molecule has 2 N–H and O–H groups in total. The first-order valence-corrected chi connectivity index (χ1v) is 6.30. The lowest BCUT2D eigenvalue weighted by atomic mass is 10.1. The topological polar surface area (TPSA) is 41.6 Å². The van der Waals surface area contributed by atoms with E-state index < -0.39 is 0 Å². The summed E-state index contributed by atoms with van der Waals surface area (Å²) in [4.78, 5) is 0. The maximum absolute atomic E-state index is 5.65. The third-order valence-electron chi connectivity index (χ3n) is 2.63. The highest BCUT2D eigenvalue weighted by atomic mass is 15.4. The van der Waals surface area contributed by atoms with Gasteiger partial charge in [0.1, 0.15) is 0 Å². The van der Waals surface area contributed by atoms with Crippen molar-refractivity contribution >= 4 is 6.72 Å². The van der Waals surface area contributed by atoms with Gasteiger partial charge in [-0.1, -0.05) is 33.6 Å². The molecule has 16 heavy (non-hydrogen) atoms. The highest BCUT2D eigenvalue weighted by Crippen LogP contribution is 2.15. The van der Waals surface area contributed by atoms with Gasteiger partial charge >= 0.3 is 0 Å². The van der Waals surface area contributed by atoms with E-state index >= 15 is 0 Å². The van der Waals surface area contributed by atoms with Crippen LogP contribution in [0.4, 0.5) is 0 Å². The fourth-order valence-corrected chi connectivity index (χ4v) is 1.60. The van der Waals surface area contributed by atoms with Gasteiger partial charge in [0.05, 0.1) is 5.70 Å². The van der Waals surface area contributed by atoms with Crippen molar-refractivity contribution in [2.75, 3.05) is 6.54 Å². The fraction of sp³-hybridized carbons (Fsp3) is 0.769. The first-order valence-electron chi connectivity index (χ1n) is 6.30. The maximum Gasteiger partial charge on any atom is 0.0522 e. The van der Waals surface area contributed by atoms with Crippen LogP contribution < -0.4 is 5.73 Å². The Balaban J connectivity index is 4.08. The summed E-state index contributed by atoms with van der Waals surface area (Å²) in [5.74, 6) is 0.750. The van der Waals surface area contributed by atoms with Crippen LogP contribution in [0.15, 0.2) is 17.0 Å². The zero-order chi connectivity index (χ0) is 12.4. The molecule has 0 unspecified atom stereocenters. The number of hydrogen-bond acceptors (Lipinski definition) is 3. The number of hydrazone groups is 1. The summed E-state index contributed by atoms with van der Waals surface area (Å²) < 4.78 is 0. The van der Waals surface area contributed by atoms with Crippen molar-refractivity contribution in [3.63, 3.8) is 0 Å². The van der Waals surface area contributed by atoms with Crippen molar-refractivity contribution in [1.82, 2.24) is 5.01 Å². The quantitative estimate of drug-likeness (QED) is 0.483. The lowest BCUT2D eigenvalue weighted by Crippen LogP contribution is -2.19. The zero-order valence-electron chi connectivity index (χ0n) is 11.1. The van der Waals surface area contributed by atoms with Crippen LogP contribution in [0.25, 0.3) is 0 Å². The van der Waals surface area contributed by atoms with Gasteiger partial charge in [-0.3, -0.25) is 5.01 Å². The summed E-state index contributed by atoms with van der Waals surface area (Å²) in [7, 11) is 0. The van der Waals surface area contributed by atoms with Gasteiger partial charge in [-0.2, -0.15) is 5.10 Å². The summed E-state index contributed by atoms with van der Waals surface area (Å²) in [6, 6.07) is 0. The summed E-state index contributed by atoms with van der Waals surface area (Å²) in [6.07, 6.45) is 7.35. The molecule has 0 aliphatic rings. The lowest BCUT2D eigenvalue weighted by Gasteiger charge is -2.21. The van der Waals surface area contributed by atoms with E-state index in [2.05, 4.69) is 32.6 Å². The molecule has 0 radical (unpaired) electrons. The number of rotatable bonds is 9. The van der Waals surface area contributed by atoms with Crippen LogP contribution in [0.1, 0.15) is 52.9 Å². The van der Waals surface area contributed by atoms with Crippen LogP contribution in [-0.4, -0.2) is 18.3 Å². The summed E-state index contributed by atoms with van der Waals surface area (Å²) in [6.45, 7) is 11.2. The largest absolute Gasteiger partial charge is 0.403 e. The van der Waals surface area contributed by atoms with Crippen molar-refractivity contribution in [3.8, 4) is 0 Å². The number of hydrogen-bond donors (Lipinski definition) is 1. The van der Waals surface area contributed by atoms with Crippen molar-refractivity contribution < 1.29 is 0 Å². The third-order valence-corrected chi connectivity index (χ3v) is 2.63. The Morgan fingerprint density at radius 3 is 2.56 bits per heavy atom. The Labute approximate surface area is 100 Å². The second-order valence-corrected chi connectivity index (χ2v) is 4.56. The molecule has 0 aromatic rings. The van der Waals surface area contributed by atoms with Gasteiger partial charge in [0.15, 0.2) is 0 Å². The van der Waals surface area contributed by atoms with Gasteiger partial charge in [-0.15, -0.1) is 0 Å². The molecule has 0 aliphatic heterocycles. The first kappa shape index (κ1) is 15.0. The van der Waals surface area contributed by atoms with Crippen molar-refractivity contribution in [1.29, 1.82) is 0 Å². The van der Waals surface area contributed by atoms with Gasteiger partial charge in [-0.25, -0.2) is 0 Å².